The van der Waals surface area contributed by atoms with Crippen molar-refractivity contribution in [2.45, 2.75) is 32.7 Å². The number of sulfone groups is 1. The van der Waals surface area contributed by atoms with Crippen LogP contribution in [-0.2, 0) is 14.6 Å². The number of carbonyl (C=O) groups is 2. The van der Waals surface area contributed by atoms with Crippen LogP contribution in [0.5, 0.6) is 0 Å². The van der Waals surface area contributed by atoms with E-state index in [9.17, 15) is 23.1 Å². The first kappa shape index (κ1) is 21.6. The molecule has 0 bridgehead atoms. The van der Waals surface area contributed by atoms with Crippen LogP contribution < -0.4 is 5.32 Å². The Morgan fingerprint density at radius 2 is 1.83 bits per heavy atom. The second-order valence-corrected chi connectivity index (χ2v) is 15.9. The van der Waals surface area contributed by atoms with Crippen molar-refractivity contribution in [1.82, 2.24) is 5.32 Å². The molecule has 24 heavy (non-hydrogen) atoms. The monoisotopic (exact) mass is 547 g/mol. The number of alkyl halides is 3. The lowest BCUT2D eigenvalue weighted by Crippen LogP contribution is -2.41. The molecule has 2 N–H and O–H groups in total. The van der Waals surface area contributed by atoms with Crippen LogP contribution in [0, 0.1) is 5.92 Å². The number of carbonyl (C=O) groups excluding carboxylic acids is 1. The average Bonchev–Trinajstić information content (AvgIpc) is 2.44. The molecule has 0 spiro atoms. The van der Waals surface area contributed by atoms with Gasteiger partial charge in [-0.05, 0) is 78.3 Å². The van der Waals surface area contributed by atoms with Crippen molar-refractivity contribution in [3.05, 3.63) is 29.8 Å². The van der Waals surface area contributed by atoms with Gasteiger partial charge in [0, 0.05) is 5.56 Å². The fourth-order valence-electron chi connectivity index (χ4n) is 1.87. The second-order valence-electron chi connectivity index (χ2n) is 5.47. The Morgan fingerprint density at radius 3 is 2.29 bits per heavy atom. The van der Waals surface area contributed by atoms with E-state index in [1.165, 1.54) is 24.3 Å². The Labute approximate surface area is 165 Å². The molecule has 1 unspecified atom stereocenters. The number of hydrogen-bond acceptors (Lipinski definition) is 4. The maximum atomic E-state index is 12.3. The molecule has 0 aliphatic carbocycles. The fraction of sp³-hybridized carbons (Fsp3) is 0.429. The third kappa shape index (κ3) is 5.53. The highest BCUT2D eigenvalue weighted by molar-refractivity contribution is 9.42. The standard InChI is InChI=1S/C14H16Br3NO5S/c1-8(2)6-11(13(20)21)18-12(19)9-4-3-5-10(7-9)24(22,23)14(15,16)17/h3-5,7-8,11H,6H2,1-2H3,(H,18,19)(H,20,21). The Kier molecular flexibility index (Phi) is 7.46. The van der Waals surface area contributed by atoms with Gasteiger partial charge in [0.25, 0.3) is 5.91 Å². The quantitative estimate of drug-likeness (QED) is 0.529. The van der Waals surface area contributed by atoms with Gasteiger partial charge in [-0.1, -0.05) is 19.9 Å². The Hall–Kier alpha value is -0.450. The predicted octanol–water partition coefficient (Wildman–Crippen LogP) is 3.49. The third-order valence-electron chi connectivity index (χ3n) is 3.02. The zero-order chi connectivity index (χ0) is 18.7. The van der Waals surface area contributed by atoms with Crippen molar-refractivity contribution < 1.29 is 23.1 Å². The van der Waals surface area contributed by atoms with Crippen molar-refractivity contribution in [3.63, 3.8) is 0 Å². The molecule has 0 aliphatic heterocycles. The first-order valence-electron chi connectivity index (χ1n) is 6.81. The number of nitrogens with one attached hydrogen (secondary N) is 1. The predicted molar refractivity (Wildman–Crippen MR) is 101 cm³/mol. The van der Waals surface area contributed by atoms with Crippen molar-refractivity contribution in [1.29, 1.82) is 0 Å². The number of halogens is 3. The van der Waals surface area contributed by atoms with E-state index in [4.69, 9.17) is 0 Å². The highest BCUT2D eigenvalue weighted by Crippen LogP contribution is 2.43. The van der Waals surface area contributed by atoms with E-state index in [2.05, 4.69) is 53.1 Å². The summed E-state index contributed by atoms with van der Waals surface area (Å²) in [4.78, 5) is 23.4. The molecule has 134 valence electrons. The van der Waals surface area contributed by atoms with Crippen molar-refractivity contribution in [3.8, 4) is 0 Å². The van der Waals surface area contributed by atoms with Gasteiger partial charge in [-0.25, -0.2) is 13.2 Å². The fourth-order valence-corrected chi connectivity index (χ4v) is 4.36. The van der Waals surface area contributed by atoms with E-state index in [0.29, 0.717) is 0 Å². The first-order valence-corrected chi connectivity index (χ1v) is 10.7. The molecule has 1 amide bonds. The number of amides is 1. The molecular weight excluding hydrogens is 534 g/mol. The molecule has 10 heteroatoms. The van der Waals surface area contributed by atoms with E-state index >= 15 is 0 Å². The Balaban J connectivity index is 3.10. The van der Waals surface area contributed by atoms with Crippen LogP contribution in [0.2, 0.25) is 0 Å². The minimum atomic E-state index is -3.84. The van der Waals surface area contributed by atoms with Gasteiger partial charge >= 0.3 is 5.97 Å². The lowest BCUT2D eigenvalue weighted by Gasteiger charge is -2.17. The topological polar surface area (TPSA) is 101 Å². The largest absolute Gasteiger partial charge is 0.480 e. The van der Waals surface area contributed by atoms with Crippen molar-refractivity contribution in [2.24, 2.45) is 5.92 Å². The molecule has 0 radical (unpaired) electrons. The molecule has 0 aromatic heterocycles. The van der Waals surface area contributed by atoms with Crippen molar-refractivity contribution >= 4 is 69.5 Å². The van der Waals surface area contributed by atoms with Crippen LogP contribution in [0.25, 0.3) is 0 Å². The van der Waals surface area contributed by atoms with Crippen LogP contribution in [0.15, 0.2) is 29.2 Å². The molecule has 0 saturated heterocycles. The van der Waals surface area contributed by atoms with Crippen LogP contribution >= 0.6 is 47.8 Å². The maximum Gasteiger partial charge on any atom is 0.326 e. The number of aliphatic carboxylic acids is 1. The number of hydrogen-bond donors (Lipinski definition) is 2. The summed E-state index contributed by atoms with van der Waals surface area (Å²) in [6.07, 6.45) is 0.270. The average molecular weight is 550 g/mol. The van der Waals surface area contributed by atoms with Gasteiger partial charge in [0.2, 0.25) is 11.3 Å². The summed E-state index contributed by atoms with van der Waals surface area (Å²) in [6.45, 7) is 3.69. The molecule has 1 aromatic carbocycles. The zero-order valence-electron chi connectivity index (χ0n) is 12.8. The van der Waals surface area contributed by atoms with Gasteiger partial charge in [-0.3, -0.25) is 4.79 Å². The van der Waals surface area contributed by atoms with E-state index in [1.807, 2.05) is 13.8 Å². The summed E-state index contributed by atoms with van der Waals surface area (Å²) in [5, 5.41) is 11.6. The minimum absolute atomic E-state index is 0.0582. The molecule has 0 heterocycles. The summed E-state index contributed by atoms with van der Waals surface area (Å²) in [7, 11) is -3.84. The first-order chi connectivity index (χ1) is 10.9. The van der Waals surface area contributed by atoms with Crippen LogP contribution in [0.3, 0.4) is 0 Å². The van der Waals surface area contributed by atoms with E-state index in [0.717, 1.165) is 0 Å². The van der Waals surface area contributed by atoms with E-state index < -0.39 is 29.2 Å². The maximum absolute atomic E-state index is 12.3. The summed E-state index contributed by atoms with van der Waals surface area (Å²) >= 11 is 8.86. The molecule has 0 fully saturated rings. The van der Waals surface area contributed by atoms with E-state index in [1.54, 1.807) is 0 Å². The Morgan fingerprint density at radius 1 is 1.25 bits per heavy atom. The molecule has 0 saturated carbocycles. The van der Waals surface area contributed by atoms with Gasteiger partial charge in [0.05, 0.1) is 4.90 Å². The number of rotatable bonds is 6. The van der Waals surface area contributed by atoms with Crippen LogP contribution in [0.4, 0.5) is 0 Å². The number of carboxylic acids is 1. The van der Waals surface area contributed by atoms with Gasteiger partial charge in [-0.2, -0.15) is 0 Å². The Bertz CT molecular complexity index is 728. The number of carboxylic acid groups (broad SMARTS) is 1. The minimum Gasteiger partial charge on any atom is -0.480 e. The van der Waals surface area contributed by atoms with Gasteiger partial charge in [0.1, 0.15) is 6.04 Å². The third-order valence-corrected chi connectivity index (χ3v) is 8.34. The second kappa shape index (κ2) is 8.29. The van der Waals surface area contributed by atoms with Crippen LogP contribution in [0.1, 0.15) is 30.6 Å². The van der Waals surface area contributed by atoms with Gasteiger partial charge in [0.15, 0.2) is 0 Å². The molecule has 6 nitrogen and oxygen atoms in total. The summed E-state index contributed by atoms with van der Waals surface area (Å²) in [5.74, 6) is -1.71. The summed E-state index contributed by atoms with van der Waals surface area (Å²) in [6, 6.07) is 4.32. The lowest BCUT2D eigenvalue weighted by atomic mass is 10.0. The smallest absolute Gasteiger partial charge is 0.326 e. The molecular formula is C14H16Br3NO5S. The highest BCUT2D eigenvalue weighted by atomic mass is 80.0. The molecule has 0 aliphatic rings. The molecule has 1 aromatic rings. The van der Waals surface area contributed by atoms with E-state index in [-0.39, 0.29) is 22.8 Å². The highest BCUT2D eigenvalue weighted by Gasteiger charge is 2.37. The number of benzene rings is 1. The lowest BCUT2D eigenvalue weighted by molar-refractivity contribution is -0.139. The van der Waals surface area contributed by atoms with Crippen LogP contribution in [-0.4, -0.2) is 32.9 Å². The molecule has 1 rings (SSSR count). The zero-order valence-corrected chi connectivity index (χ0v) is 18.4. The normalized spacial score (nSPS) is 13.6. The molecule has 1 atom stereocenters. The summed E-state index contributed by atoms with van der Waals surface area (Å²) < 4.78 is 23.1. The van der Waals surface area contributed by atoms with Gasteiger partial charge < -0.3 is 10.4 Å². The SMILES string of the molecule is CC(C)CC(NC(=O)c1cccc(S(=O)(=O)C(Br)(Br)Br)c1)C(=O)O. The summed E-state index contributed by atoms with van der Waals surface area (Å²) in [5.41, 5.74) is 0.0582. The van der Waals surface area contributed by atoms with Gasteiger partial charge in [-0.15, -0.1) is 0 Å². The van der Waals surface area contributed by atoms with Crippen molar-refractivity contribution in [2.75, 3.05) is 0 Å².